The Balaban J connectivity index is 2.27. The minimum atomic E-state index is -1.65. The number of aliphatic carboxylic acids is 1. The second kappa shape index (κ2) is 4.56. The molecular weight excluding hydrogens is 263 g/mol. The molecule has 0 aliphatic heterocycles. The summed E-state index contributed by atoms with van der Waals surface area (Å²) >= 11 is 0. The SMILES string of the molecule is O=C(O)C1(C(=O)Nc2c(F)cc(F)cc2F)CCC1. The van der Waals surface area contributed by atoms with E-state index in [1.54, 1.807) is 0 Å². The number of amides is 1. The van der Waals surface area contributed by atoms with Gasteiger partial charge in [-0.2, -0.15) is 0 Å². The molecule has 0 bridgehead atoms. The Labute approximate surface area is 106 Å². The molecule has 0 radical (unpaired) electrons. The molecule has 2 rings (SSSR count). The van der Waals surface area contributed by atoms with Gasteiger partial charge in [-0.15, -0.1) is 0 Å². The average molecular weight is 273 g/mol. The Morgan fingerprint density at radius 3 is 2.05 bits per heavy atom. The Hall–Kier alpha value is -2.05. The highest BCUT2D eigenvalue weighted by atomic mass is 19.1. The van der Waals surface area contributed by atoms with Crippen LogP contribution >= 0.6 is 0 Å². The highest BCUT2D eigenvalue weighted by Gasteiger charge is 2.51. The van der Waals surface area contributed by atoms with Gasteiger partial charge < -0.3 is 10.4 Å². The van der Waals surface area contributed by atoms with Crippen LogP contribution in [0, 0.1) is 22.9 Å². The van der Waals surface area contributed by atoms with Gasteiger partial charge in [-0.1, -0.05) is 6.42 Å². The van der Waals surface area contributed by atoms with Gasteiger partial charge in [0, 0.05) is 12.1 Å². The fraction of sp³-hybridized carbons (Fsp3) is 0.333. The van der Waals surface area contributed by atoms with E-state index >= 15 is 0 Å². The molecule has 1 aliphatic rings. The zero-order chi connectivity index (χ0) is 14.2. The van der Waals surface area contributed by atoms with Gasteiger partial charge in [0.1, 0.15) is 16.9 Å². The molecule has 1 aromatic carbocycles. The molecule has 0 saturated heterocycles. The predicted octanol–water partition coefficient (Wildman–Crippen LogP) is 2.30. The summed E-state index contributed by atoms with van der Waals surface area (Å²) in [6, 6.07) is 0.819. The number of benzene rings is 1. The third-order valence-electron chi connectivity index (χ3n) is 3.30. The summed E-state index contributed by atoms with van der Waals surface area (Å²) < 4.78 is 39.4. The van der Waals surface area contributed by atoms with E-state index in [4.69, 9.17) is 5.11 Å². The topological polar surface area (TPSA) is 66.4 Å². The van der Waals surface area contributed by atoms with Crippen molar-refractivity contribution in [3.63, 3.8) is 0 Å². The van der Waals surface area contributed by atoms with Crippen molar-refractivity contribution < 1.29 is 27.9 Å². The zero-order valence-electron chi connectivity index (χ0n) is 9.67. The van der Waals surface area contributed by atoms with Gasteiger partial charge in [0.2, 0.25) is 5.91 Å². The van der Waals surface area contributed by atoms with Crippen molar-refractivity contribution in [3.8, 4) is 0 Å². The van der Waals surface area contributed by atoms with E-state index in [-0.39, 0.29) is 12.8 Å². The highest BCUT2D eigenvalue weighted by molar-refractivity contribution is 6.09. The number of carboxylic acids is 1. The lowest BCUT2D eigenvalue weighted by Gasteiger charge is -2.35. The van der Waals surface area contributed by atoms with Crippen molar-refractivity contribution in [2.45, 2.75) is 19.3 Å². The van der Waals surface area contributed by atoms with Crippen molar-refractivity contribution in [3.05, 3.63) is 29.6 Å². The molecule has 102 valence electrons. The van der Waals surface area contributed by atoms with Crippen LogP contribution in [0.2, 0.25) is 0 Å². The van der Waals surface area contributed by atoms with E-state index < -0.39 is 40.4 Å². The smallest absolute Gasteiger partial charge is 0.319 e. The highest BCUT2D eigenvalue weighted by Crippen LogP contribution is 2.42. The second-order valence-corrected chi connectivity index (χ2v) is 4.44. The zero-order valence-corrected chi connectivity index (χ0v) is 9.67. The number of hydrogen-bond acceptors (Lipinski definition) is 2. The average Bonchev–Trinajstić information content (AvgIpc) is 2.20. The first-order valence-electron chi connectivity index (χ1n) is 5.56. The van der Waals surface area contributed by atoms with Gasteiger partial charge in [0.15, 0.2) is 11.6 Å². The fourth-order valence-electron chi connectivity index (χ4n) is 1.96. The first-order valence-corrected chi connectivity index (χ1v) is 5.56. The van der Waals surface area contributed by atoms with Crippen LogP contribution in [0.1, 0.15) is 19.3 Å². The van der Waals surface area contributed by atoms with Gasteiger partial charge in [-0.05, 0) is 12.8 Å². The molecule has 0 heterocycles. The van der Waals surface area contributed by atoms with Crippen LogP contribution in [-0.4, -0.2) is 17.0 Å². The quantitative estimate of drug-likeness (QED) is 0.830. The van der Waals surface area contributed by atoms with Gasteiger partial charge in [0.05, 0.1) is 0 Å². The normalized spacial score (nSPS) is 16.6. The Morgan fingerprint density at radius 1 is 1.16 bits per heavy atom. The lowest BCUT2D eigenvalue weighted by atomic mass is 9.68. The van der Waals surface area contributed by atoms with Crippen molar-refractivity contribution in [1.29, 1.82) is 0 Å². The number of hydrogen-bond donors (Lipinski definition) is 2. The maximum Gasteiger partial charge on any atom is 0.319 e. The third-order valence-corrected chi connectivity index (χ3v) is 3.30. The summed E-state index contributed by atoms with van der Waals surface area (Å²) in [6.45, 7) is 0. The summed E-state index contributed by atoms with van der Waals surface area (Å²) in [5, 5.41) is 10.9. The van der Waals surface area contributed by atoms with Crippen LogP contribution in [0.3, 0.4) is 0 Å². The number of carbonyl (C=O) groups is 2. The largest absolute Gasteiger partial charge is 0.480 e. The van der Waals surface area contributed by atoms with Crippen LogP contribution in [-0.2, 0) is 9.59 Å². The van der Waals surface area contributed by atoms with Gasteiger partial charge in [-0.3, -0.25) is 9.59 Å². The summed E-state index contributed by atoms with van der Waals surface area (Å²) in [7, 11) is 0. The van der Waals surface area contributed by atoms with E-state index in [9.17, 15) is 22.8 Å². The molecule has 1 saturated carbocycles. The maximum absolute atomic E-state index is 13.3. The molecule has 0 unspecified atom stereocenters. The number of rotatable bonds is 3. The molecule has 1 fully saturated rings. The van der Waals surface area contributed by atoms with E-state index in [0.29, 0.717) is 18.6 Å². The Kier molecular flexibility index (Phi) is 3.21. The standard InChI is InChI=1S/C12H10F3NO3/c13-6-4-7(14)9(8(15)5-6)16-10(17)12(11(18)19)2-1-3-12/h4-5H,1-3H2,(H,16,17)(H,18,19). The minimum absolute atomic E-state index is 0.110. The van der Waals surface area contributed by atoms with Crippen LogP contribution in [0.5, 0.6) is 0 Å². The maximum atomic E-state index is 13.3. The lowest BCUT2D eigenvalue weighted by Crippen LogP contribution is -2.48. The number of nitrogens with one attached hydrogen (secondary N) is 1. The number of carboxylic acid groups (broad SMARTS) is 1. The molecule has 0 atom stereocenters. The first kappa shape index (κ1) is 13.4. The Morgan fingerprint density at radius 2 is 1.68 bits per heavy atom. The van der Waals surface area contributed by atoms with Crippen molar-refractivity contribution in [2.24, 2.45) is 5.41 Å². The third kappa shape index (κ3) is 2.16. The molecule has 0 aromatic heterocycles. The van der Waals surface area contributed by atoms with E-state index in [1.165, 1.54) is 0 Å². The number of carbonyl (C=O) groups excluding carboxylic acids is 1. The van der Waals surface area contributed by atoms with Crippen LogP contribution < -0.4 is 5.32 Å². The van der Waals surface area contributed by atoms with Crippen molar-refractivity contribution in [2.75, 3.05) is 5.32 Å². The summed E-state index contributed by atoms with van der Waals surface area (Å²) in [6.07, 6.45) is 0.769. The van der Waals surface area contributed by atoms with Gasteiger partial charge >= 0.3 is 5.97 Å². The molecule has 4 nitrogen and oxygen atoms in total. The summed E-state index contributed by atoms with van der Waals surface area (Å²) in [5.74, 6) is -6.02. The first-order chi connectivity index (χ1) is 8.86. The van der Waals surface area contributed by atoms with E-state index in [2.05, 4.69) is 0 Å². The van der Waals surface area contributed by atoms with E-state index in [1.807, 2.05) is 5.32 Å². The van der Waals surface area contributed by atoms with Crippen molar-refractivity contribution in [1.82, 2.24) is 0 Å². The molecule has 1 aliphatic carbocycles. The Bertz CT molecular complexity index is 532. The monoisotopic (exact) mass is 273 g/mol. The fourth-order valence-corrected chi connectivity index (χ4v) is 1.96. The van der Waals surface area contributed by atoms with Crippen LogP contribution in [0.15, 0.2) is 12.1 Å². The predicted molar refractivity (Wildman–Crippen MR) is 58.9 cm³/mol. The van der Waals surface area contributed by atoms with Gasteiger partial charge in [0.25, 0.3) is 0 Å². The summed E-state index contributed by atoms with van der Waals surface area (Å²) in [4.78, 5) is 22.9. The second-order valence-electron chi connectivity index (χ2n) is 4.44. The lowest BCUT2D eigenvalue weighted by molar-refractivity contribution is -0.159. The molecule has 7 heteroatoms. The number of anilines is 1. The van der Waals surface area contributed by atoms with Crippen LogP contribution in [0.25, 0.3) is 0 Å². The molecule has 19 heavy (non-hydrogen) atoms. The minimum Gasteiger partial charge on any atom is -0.480 e. The van der Waals surface area contributed by atoms with E-state index in [0.717, 1.165) is 0 Å². The molecule has 1 aromatic rings. The van der Waals surface area contributed by atoms with Gasteiger partial charge in [-0.25, -0.2) is 13.2 Å². The van der Waals surface area contributed by atoms with Crippen molar-refractivity contribution >= 4 is 17.6 Å². The summed E-state index contributed by atoms with van der Waals surface area (Å²) in [5.41, 5.74) is -2.48. The number of halogens is 3. The molecule has 0 spiro atoms. The van der Waals surface area contributed by atoms with Crippen LogP contribution in [0.4, 0.5) is 18.9 Å². The molecular formula is C12H10F3NO3. The molecule has 2 N–H and O–H groups in total. The molecule has 1 amide bonds.